The number of anilines is 1. The Morgan fingerprint density at radius 2 is 1.78 bits per heavy atom. The van der Waals surface area contributed by atoms with Gasteiger partial charge in [0.25, 0.3) is 0 Å². The molecule has 0 bridgehead atoms. The molecule has 2 aliphatic rings. The number of rotatable bonds is 9. The van der Waals surface area contributed by atoms with Crippen molar-refractivity contribution < 1.29 is 4.79 Å². The Bertz CT molecular complexity index is 1320. The summed E-state index contributed by atoms with van der Waals surface area (Å²) in [5, 5.41) is 4.12. The highest BCUT2D eigenvalue weighted by Gasteiger charge is 2.32. The summed E-state index contributed by atoms with van der Waals surface area (Å²) in [7, 11) is 0. The van der Waals surface area contributed by atoms with Crippen molar-refractivity contribution in [1.29, 1.82) is 0 Å². The number of benzene rings is 1. The second kappa shape index (κ2) is 10.8. The minimum absolute atomic E-state index is 0.00882. The summed E-state index contributed by atoms with van der Waals surface area (Å²) in [4.78, 5) is 41.4. The molecule has 194 valence electrons. The number of hydrogen-bond acceptors (Lipinski definition) is 7. The molecule has 3 heterocycles. The second-order valence-corrected chi connectivity index (χ2v) is 10.1. The third-order valence-electron chi connectivity index (χ3n) is 7.57. The molecule has 9 heteroatoms. The van der Waals surface area contributed by atoms with E-state index in [1.165, 1.54) is 37.1 Å². The van der Waals surface area contributed by atoms with E-state index in [1.54, 1.807) is 10.8 Å². The molecule has 1 amide bonds. The van der Waals surface area contributed by atoms with Crippen LogP contribution in [0.5, 0.6) is 0 Å². The van der Waals surface area contributed by atoms with Gasteiger partial charge in [0.05, 0.1) is 11.4 Å². The molecule has 0 radical (unpaired) electrons. The lowest BCUT2D eigenvalue weighted by molar-refractivity contribution is -0.128. The Labute approximate surface area is 217 Å². The molecule has 37 heavy (non-hydrogen) atoms. The van der Waals surface area contributed by atoms with E-state index in [0.717, 1.165) is 43.0 Å². The summed E-state index contributed by atoms with van der Waals surface area (Å²) in [6, 6.07) is 9.20. The smallest absolute Gasteiger partial charge is 0.348 e. The maximum absolute atomic E-state index is 12.1. The molecule has 0 spiro atoms. The van der Waals surface area contributed by atoms with Gasteiger partial charge in [-0.3, -0.25) is 14.3 Å². The van der Waals surface area contributed by atoms with Crippen molar-refractivity contribution in [1.82, 2.24) is 29.3 Å². The summed E-state index contributed by atoms with van der Waals surface area (Å²) >= 11 is 0. The summed E-state index contributed by atoms with van der Waals surface area (Å²) in [5.74, 6) is 1.31. The molecule has 1 saturated carbocycles. The molecule has 9 nitrogen and oxygen atoms in total. The number of aromatic nitrogens is 4. The first-order valence-corrected chi connectivity index (χ1v) is 13.2. The van der Waals surface area contributed by atoms with Crippen molar-refractivity contribution in [3.05, 3.63) is 70.9 Å². The Morgan fingerprint density at radius 1 is 1.11 bits per heavy atom. The fraction of sp³-hybridized carbons (Fsp3) is 0.464. The van der Waals surface area contributed by atoms with Crippen molar-refractivity contribution in [3.63, 3.8) is 0 Å². The van der Waals surface area contributed by atoms with E-state index in [2.05, 4.69) is 62.9 Å². The Hall–Kier alpha value is -3.59. The largest absolute Gasteiger partial charge is 0.349 e. The van der Waals surface area contributed by atoms with Crippen molar-refractivity contribution in [3.8, 4) is 0 Å². The van der Waals surface area contributed by atoms with Crippen LogP contribution in [0.3, 0.4) is 0 Å². The fourth-order valence-corrected chi connectivity index (χ4v) is 5.16. The average molecular weight is 502 g/mol. The number of carbonyl (C=O) groups is 1. The number of fused-ring (bicyclic) bond motifs is 1. The lowest BCUT2D eigenvalue weighted by atomic mass is 9.96. The average Bonchev–Trinajstić information content (AvgIpc) is 3.76. The molecular formula is C28H35N7O2. The van der Waals surface area contributed by atoms with Gasteiger partial charge in [0, 0.05) is 51.2 Å². The van der Waals surface area contributed by atoms with E-state index in [0.29, 0.717) is 24.2 Å². The lowest BCUT2D eigenvalue weighted by Gasteiger charge is -2.39. The molecule has 1 aliphatic carbocycles. The highest BCUT2D eigenvalue weighted by atomic mass is 16.2. The zero-order valence-electron chi connectivity index (χ0n) is 21.6. The number of hydrogen-bond donors (Lipinski definition) is 1. The summed E-state index contributed by atoms with van der Waals surface area (Å²) < 4.78 is 1.55. The van der Waals surface area contributed by atoms with Crippen molar-refractivity contribution >= 4 is 22.9 Å². The van der Waals surface area contributed by atoms with Gasteiger partial charge in [-0.1, -0.05) is 43.7 Å². The first-order chi connectivity index (χ1) is 18.0. The molecule has 5 rings (SSSR count). The first-order valence-electron chi connectivity index (χ1n) is 13.2. The van der Waals surface area contributed by atoms with E-state index >= 15 is 0 Å². The molecular weight excluding hydrogens is 466 g/mol. The van der Waals surface area contributed by atoms with Crippen LogP contribution in [-0.2, 0) is 11.3 Å². The second-order valence-electron chi connectivity index (χ2n) is 10.1. The Balaban J connectivity index is 1.29. The van der Waals surface area contributed by atoms with Gasteiger partial charge >= 0.3 is 5.69 Å². The quantitative estimate of drug-likeness (QED) is 0.448. The lowest BCUT2D eigenvalue weighted by Crippen LogP contribution is -2.49. The Kier molecular flexibility index (Phi) is 7.32. The highest BCUT2D eigenvalue weighted by Crippen LogP contribution is 2.40. The summed E-state index contributed by atoms with van der Waals surface area (Å²) in [5.41, 5.74) is 2.74. The highest BCUT2D eigenvalue weighted by molar-refractivity contribution is 5.87. The number of amides is 1. The zero-order chi connectivity index (χ0) is 25.9. The van der Waals surface area contributed by atoms with Crippen molar-refractivity contribution in [2.75, 3.05) is 31.5 Å². The van der Waals surface area contributed by atoms with Gasteiger partial charge in [-0.25, -0.2) is 14.8 Å². The van der Waals surface area contributed by atoms with Gasteiger partial charge in [0.1, 0.15) is 0 Å². The third kappa shape index (κ3) is 5.56. The standard InChI is InChI=1S/C28H35N7O2/c1-4-25(36)34-14-12-33(13-15-34)24(16-20-6-7-20)22-10-8-21(9-11-22)19(3)31-27-29-17-23-18-30-28(37)35(5-2)26(23)32-27/h4,8-11,17-20,24H,1,5-7,12-16H2,2-3H3,(H,29,31,32)/t19-,24?/m0/s1. The number of carbonyl (C=O) groups excluding carboxylic acids is 1. The third-order valence-corrected chi connectivity index (χ3v) is 7.57. The van der Waals surface area contributed by atoms with Gasteiger partial charge < -0.3 is 10.2 Å². The number of aryl methyl sites for hydroxylation is 1. The Morgan fingerprint density at radius 3 is 2.43 bits per heavy atom. The predicted molar refractivity (Wildman–Crippen MR) is 144 cm³/mol. The molecule has 1 N–H and O–H groups in total. The van der Waals surface area contributed by atoms with Gasteiger partial charge in [0.15, 0.2) is 5.65 Å². The van der Waals surface area contributed by atoms with Crippen LogP contribution >= 0.6 is 0 Å². The molecule has 2 aromatic heterocycles. The first kappa shape index (κ1) is 25.1. The number of nitrogens with zero attached hydrogens (tertiary/aromatic N) is 6. The van der Waals surface area contributed by atoms with Crippen LogP contribution in [0.15, 0.2) is 54.1 Å². The predicted octanol–water partition coefficient (Wildman–Crippen LogP) is 3.55. The van der Waals surface area contributed by atoms with Gasteiger partial charge in [-0.05, 0) is 43.4 Å². The SMILES string of the molecule is C=CC(=O)N1CCN(C(CC2CC2)c2ccc([C@H](C)Nc3ncc4cnc(=O)n(CC)c4n3)cc2)CC1. The molecule has 1 aliphatic heterocycles. The molecule has 2 atom stereocenters. The van der Waals surface area contributed by atoms with Crippen LogP contribution in [0.2, 0.25) is 0 Å². The molecule has 2 fully saturated rings. The summed E-state index contributed by atoms with van der Waals surface area (Å²) in [6.07, 6.45) is 8.43. The fourth-order valence-electron chi connectivity index (χ4n) is 5.16. The molecule has 1 unspecified atom stereocenters. The molecule has 1 saturated heterocycles. The van der Waals surface area contributed by atoms with E-state index in [1.807, 2.05) is 11.8 Å². The summed E-state index contributed by atoms with van der Waals surface area (Å²) in [6.45, 7) is 11.4. The van der Waals surface area contributed by atoms with Crippen LogP contribution in [0.25, 0.3) is 11.0 Å². The van der Waals surface area contributed by atoms with E-state index in [4.69, 9.17) is 0 Å². The van der Waals surface area contributed by atoms with Crippen LogP contribution in [0.4, 0.5) is 5.95 Å². The van der Waals surface area contributed by atoms with Gasteiger partial charge in [0.2, 0.25) is 11.9 Å². The zero-order valence-corrected chi connectivity index (χ0v) is 21.6. The minimum atomic E-state index is -0.308. The van der Waals surface area contributed by atoms with Crippen molar-refractivity contribution in [2.24, 2.45) is 5.92 Å². The maximum atomic E-state index is 12.1. The maximum Gasteiger partial charge on any atom is 0.349 e. The monoisotopic (exact) mass is 501 g/mol. The van der Waals surface area contributed by atoms with Crippen LogP contribution in [0, 0.1) is 5.92 Å². The van der Waals surface area contributed by atoms with Gasteiger partial charge in [-0.2, -0.15) is 4.98 Å². The molecule has 1 aromatic carbocycles. The molecule has 3 aromatic rings. The minimum Gasteiger partial charge on any atom is -0.348 e. The van der Waals surface area contributed by atoms with Crippen molar-refractivity contribution in [2.45, 2.75) is 51.7 Å². The number of nitrogens with one attached hydrogen (secondary N) is 1. The van der Waals surface area contributed by atoms with Gasteiger partial charge in [-0.15, -0.1) is 0 Å². The topological polar surface area (TPSA) is 96.3 Å². The van der Waals surface area contributed by atoms with E-state index in [-0.39, 0.29) is 17.6 Å². The van der Waals surface area contributed by atoms with E-state index in [9.17, 15) is 9.59 Å². The van der Waals surface area contributed by atoms with Crippen LogP contribution < -0.4 is 11.0 Å². The normalized spacial score (nSPS) is 17.9. The van der Waals surface area contributed by atoms with Crippen LogP contribution in [0.1, 0.15) is 56.3 Å². The van der Waals surface area contributed by atoms with E-state index < -0.39 is 0 Å². The van der Waals surface area contributed by atoms with Crippen LogP contribution in [-0.4, -0.2) is 61.4 Å². The number of piperazine rings is 1.